The molecule has 0 saturated carbocycles. The lowest BCUT2D eigenvalue weighted by molar-refractivity contribution is -0.117. The highest BCUT2D eigenvalue weighted by Gasteiger charge is 2.34. The van der Waals surface area contributed by atoms with E-state index in [-0.39, 0.29) is 17.7 Å². The number of hydrogen-bond acceptors (Lipinski definition) is 6. The maximum absolute atomic E-state index is 12.5. The molecule has 1 unspecified atom stereocenters. The number of aryl methyl sites for hydroxylation is 1. The largest absolute Gasteiger partial charge is 0.497 e. The highest BCUT2D eigenvalue weighted by Crippen LogP contribution is 2.35. The van der Waals surface area contributed by atoms with Crippen molar-refractivity contribution in [1.29, 1.82) is 0 Å². The van der Waals surface area contributed by atoms with E-state index in [1.54, 1.807) is 42.3 Å². The van der Waals surface area contributed by atoms with E-state index in [0.717, 1.165) is 11.3 Å². The smallest absolute Gasteiger partial charge is 0.257 e. The van der Waals surface area contributed by atoms with Gasteiger partial charge in [0.15, 0.2) is 0 Å². The molecule has 4 rings (SSSR count). The van der Waals surface area contributed by atoms with Gasteiger partial charge >= 0.3 is 0 Å². The lowest BCUT2D eigenvalue weighted by atomic mass is 10.1. The average Bonchev–Trinajstić information content (AvgIpc) is 3.36. The van der Waals surface area contributed by atoms with Crippen LogP contribution in [0.5, 0.6) is 5.75 Å². The van der Waals surface area contributed by atoms with E-state index in [0.29, 0.717) is 39.4 Å². The molecule has 2 amide bonds. The summed E-state index contributed by atoms with van der Waals surface area (Å²) in [5.41, 5.74) is 2.23. The van der Waals surface area contributed by atoms with E-state index in [2.05, 4.69) is 15.5 Å². The van der Waals surface area contributed by atoms with Crippen LogP contribution in [0.3, 0.4) is 0 Å². The van der Waals surface area contributed by atoms with Crippen molar-refractivity contribution in [3.05, 3.63) is 63.6 Å². The zero-order chi connectivity index (χ0) is 21.3. The van der Waals surface area contributed by atoms with Crippen molar-refractivity contribution in [3.63, 3.8) is 0 Å². The molecule has 1 fully saturated rings. The minimum atomic E-state index is -0.279. The Balaban J connectivity index is 1.44. The van der Waals surface area contributed by atoms with Gasteiger partial charge in [0.25, 0.3) is 5.91 Å². The van der Waals surface area contributed by atoms with Crippen LogP contribution in [0.4, 0.5) is 10.8 Å². The molecule has 7 nitrogen and oxygen atoms in total. The number of nitrogens with one attached hydrogen (secondary N) is 1. The molecule has 3 aromatic rings. The Bertz CT molecular complexity index is 1100. The Morgan fingerprint density at radius 2 is 2.00 bits per heavy atom. The van der Waals surface area contributed by atoms with Gasteiger partial charge in [-0.25, -0.2) is 0 Å². The van der Waals surface area contributed by atoms with Crippen molar-refractivity contribution in [2.45, 2.75) is 19.3 Å². The summed E-state index contributed by atoms with van der Waals surface area (Å²) in [4.78, 5) is 26.7. The molecule has 0 bridgehead atoms. The van der Waals surface area contributed by atoms with Crippen LogP contribution in [0, 0.1) is 6.92 Å². The first-order valence-corrected chi connectivity index (χ1v) is 10.5. The highest BCUT2D eigenvalue weighted by atomic mass is 35.5. The zero-order valence-corrected chi connectivity index (χ0v) is 18.0. The second kappa shape index (κ2) is 8.41. The molecule has 1 aromatic heterocycles. The molecule has 154 valence electrons. The summed E-state index contributed by atoms with van der Waals surface area (Å²) in [6.07, 6.45) is 0.340. The Kier molecular flexibility index (Phi) is 5.69. The quantitative estimate of drug-likeness (QED) is 0.637. The SMILES string of the molecule is COc1ccc(C(=O)Nc2nnc(C3CC(=O)N(c4ccc(C)c(Cl)c4)C3)s2)cc1. The fourth-order valence-electron chi connectivity index (χ4n) is 3.23. The van der Waals surface area contributed by atoms with Gasteiger partial charge < -0.3 is 9.64 Å². The molecule has 2 heterocycles. The zero-order valence-electron chi connectivity index (χ0n) is 16.4. The summed E-state index contributed by atoms with van der Waals surface area (Å²) in [5.74, 6) is 0.328. The Morgan fingerprint density at radius 3 is 2.70 bits per heavy atom. The van der Waals surface area contributed by atoms with Gasteiger partial charge in [-0.05, 0) is 48.9 Å². The number of anilines is 2. The number of methoxy groups -OCH3 is 1. The summed E-state index contributed by atoms with van der Waals surface area (Å²) in [7, 11) is 1.57. The van der Waals surface area contributed by atoms with Crippen LogP contribution in [0.15, 0.2) is 42.5 Å². The van der Waals surface area contributed by atoms with Crippen LogP contribution in [0.1, 0.15) is 33.3 Å². The Morgan fingerprint density at radius 1 is 1.23 bits per heavy atom. The number of nitrogens with zero attached hydrogens (tertiary/aromatic N) is 3. The Labute approximate surface area is 182 Å². The molecule has 9 heteroatoms. The fraction of sp³-hybridized carbons (Fsp3) is 0.238. The summed E-state index contributed by atoms with van der Waals surface area (Å²) in [6.45, 7) is 2.42. The van der Waals surface area contributed by atoms with Crippen LogP contribution in [-0.2, 0) is 4.79 Å². The van der Waals surface area contributed by atoms with Gasteiger partial charge in [0.05, 0.1) is 7.11 Å². The van der Waals surface area contributed by atoms with Gasteiger partial charge in [-0.1, -0.05) is 29.0 Å². The van der Waals surface area contributed by atoms with Crippen LogP contribution >= 0.6 is 22.9 Å². The molecule has 1 aliphatic rings. The lowest BCUT2D eigenvalue weighted by Crippen LogP contribution is -2.24. The van der Waals surface area contributed by atoms with E-state index in [1.807, 2.05) is 19.1 Å². The second-order valence-corrected chi connectivity index (χ2v) is 8.38. The van der Waals surface area contributed by atoms with E-state index >= 15 is 0 Å². The number of hydrogen-bond donors (Lipinski definition) is 1. The van der Waals surface area contributed by atoms with E-state index < -0.39 is 0 Å². The minimum absolute atomic E-state index is 0.0129. The minimum Gasteiger partial charge on any atom is -0.497 e. The van der Waals surface area contributed by atoms with Crippen molar-refractivity contribution in [3.8, 4) is 5.75 Å². The monoisotopic (exact) mass is 442 g/mol. The van der Waals surface area contributed by atoms with Gasteiger partial charge in [-0.3, -0.25) is 14.9 Å². The molecule has 30 heavy (non-hydrogen) atoms. The molecule has 2 aromatic carbocycles. The number of ether oxygens (including phenoxy) is 1. The summed E-state index contributed by atoms with van der Waals surface area (Å²) in [6, 6.07) is 12.4. The second-order valence-electron chi connectivity index (χ2n) is 6.97. The molecule has 0 aliphatic carbocycles. The molecule has 1 aliphatic heterocycles. The number of halogens is 1. The van der Waals surface area contributed by atoms with Gasteiger partial charge in [-0.2, -0.15) is 0 Å². The van der Waals surface area contributed by atoms with Crippen LogP contribution in [-0.4, -0.2) is 35.7 Å². The van der Waals surface area contributed by atoms with E-state index in [9.17, 15) is 9.59 Å². The van der Waals surface area contributed by atoms with Gasteiger partial charge in [0.1, 0.15) is 10.8 Å². The third kappa shape index (κ3) is 4.15. The number of carbonyl (C=O) groups is 2. The molecule has 1 atom stereocenters. The van der Waals surface area contributed by atoms with Crippen molar-refractivity contribution < 1.29 is 14.3 Å². The van der Waals surface area contributed by atoms with Crippen molar-refractivity contribution in [2.24, 2.45) is 0 Å². The summed E-state index contributed by atoms with van der Waals surface area (Å²) >= 11 is 7.49. The van der Waals surface area contributed by atoms with Crippen molar-refractivity contribution >= 4 is 45.6 Å². The third-order valence-electron chi connectivity index (χ3n) is 4.95. The standard InChI is InChI=1S/C21H19ClN4O3S/c1-12-3-6-15(10-17(12)22)26-11-14(9-18(26)27)20-24-25-21(30-20)23-19(28)13-4-7-16(29-2)8-5-13/h3-8,10,14H,9,11H2,1-2H3,(H,23,25,28). The molecular weight excluding hydrogens is 424 g/mol. The number of aromatic nitrogens is 2. The highest BCUT2D eigenvalue weighted by molar-refractivity contribution is 7.15. The van der Waals surface area contributed by atoms with Crippen molar-refractivity contribution in [2.75, 3.05) is 23.9 Å². The summed E-state index contributed by atoms with van der Waals surface area (Å²) in [5, 5.41) is 12.8. The van der Waals surface area contributed by atoms with Crippen LogP contribution in [0.2, 0.25) is 5.02 Å². The maximum atomic E-state index is 12.5. The predicted octanol–water partition coefficient (Wildman–Crippen LogP) is 4.28. The number of carbonyl (C=O) groups excluding carboxylic acids is 2. The predicted molar refractivity (Wildman–Crippen MR) is 117 cm³/mol. The van der Waals surface area contributed by atoms with E-state index in [1.165, 1.54) is 11.3 Å². The first-order chi connectivity index (χ1) is 14.4. The Hall–Kier alpha value is -2.97. The van der Waals surface area contributed by atoms with E-state index in [4.69, 9.17) is 16.3 Å². The average molecular weight is 443 g/mol. The molecule has 1 saturated heterocycles. The topological polar surface area (TPSA) is 84.4 Å². The normalized spacial score (nSPS) is 16.0. The maximum Gasteiger partial charge on any atom is 0.257 e. The molecule has 1 N–H and O–H groups in total. The molecule has 0 spiro atoms. The van der Waals surface area contributed by atoms with Crippen LogP contribution < -0.4 is 15.0 Å². The first-order valence-electron chi connectivity index (χ1n) is 9.30. The van der Waals surface area contributed by atoms with Gasteiger partial charge in [0.2, 0.25) is 11.0 Å². The lowest BCUT2D eigenvalue weighted by Gasteiger charge is -2.17. The molecule has 0 radical (unpaired) electrons. The van der Waals surface area contributed by atoms with Crippen LogP contribution in [0.25, 0.3) is 0 Å². The van der Waals surface area contributed by atoms with Crippen molar-refractivity contribution in [1.82, 2.24) is 10.2 Å². The fourth-order valence-corrected chi connectivity index (χ4v) is 4.24. The number of benzene rings is 2. The summed E-state index contributed by atoms with van der Waals surface area (Å²) < 4.78 is 5.10. The third-order valence-corrected chi connectivity index (χ3v) is 6.36. The number of amides is 2. The molecular formula is C21H19ClN4O3S. The van der Waals surface area contributed by atoms with Gasteiger partial charge in [-0.15, -0.1) is 10.2 Å². The first kappa shape index (κ1) is 20.3. The van der Waals surface area contributed by atoms with Gasteiger partial charge in [0, 0.05) is 35.2 Å². The number of rotatable bonds is 5.